The highest BCUT2D eigenvalue weighted by Gasteiger charge is 2.07. The van der Waals surface area contributed by atoms with Gasteiger partial charge in [0.15, 0.2) is 5.82 Å². The summed E-state index contributed by atoms with van der Waals surface area (Å²) in [6.07, 6.45) is 4.87. The highest BCUT2D eigenvalue weighted by molar-refractivity contribution is 6.29. The van der Waals surface area contributed by atoms with Crippen LogP contribution in [0.4, 0.5) is 0 Å². The number of aromatic nitrogens is 4. The van der Waals surface area contributed by atoms with Gasteiger partial charge in [-0.1, -0.05) is 41.9 Å². The number of benzene rings is 1. The highest BCUT2D eigenvalue weighted by atomic mass is 35.5. The molecular weight excluding hydrogens is 260 g/mol. The molecule has 0 aliphatic heterocycles. The second-order valence-corrected chi connectivity index (χ2v) is 4.28. The van der Waals surface area contributed by atoms with Crippen LogP contribution in [-0.4, -0.2) is 19.9 Å². The number of hydrogen-bond donors (Lipinski definition) is 0. The molecule has 0 spiro atoms. The zero-order chi connectivity index (χ0) is 13.1. The standard InChI is InChI=1S/C14H9ClN4/c15-13-6-12(11-7-16-9-17-8-11)18-14(19-13)10-4-2-1-3-5-10/h1-9H. The van der Waals surface area contributed by atoms with E-state index in [2.05, 4.69) is 19.9 Å². The van der Waals surface area contributed by atoms with Crippen molar-refractivity contribution in [3.05, 3.63) is 60.3 Å². The maximum absolute atomic E-state index is 6.06. The summed E-state index contributed by atoms with van der Waals surface area (Å²) in [5.74, 6) is 0.590. The predicted octanol–water partition coefficient (Wildman–Crippen LogP) is 3.25. The Morgan fingerprint density at radius 3 is 2.32 bits per heavy atom. The molecule has 3 rings (SSSR count). The molecule has 4 nitrogen and oxygen atoms in total. The van der Waals surface area contributed by atoms with Crippen molar-refractivity contribution in [3.63, 3.8) is 0 Å². The fourth-order valence-corrected chi connectivity index (χ4v) is 1.90. The first-order chi connectivity index (χ1) is 9.33. The summed E-state index contributed by atoms with van der Waals surface area (Å²) in [5, 5.41) is 0.396. The molecule has 0 bridgehead atoms. The molecule has 0 aliphatic carbocycles. The average molecular weight is 269 g/mol. The molecule has 1 aromatic carbocycles. The van der Waals surface area contributed by atoms with E-state index in [9.17, 15) is 0 Å². The molecular formula is C14H9ClN4. The van der Waals surface area contributed by atoms with Crippen molar-refractivity contribution in [2.75, 3.05) is 0 Å². The Morgan fingerprint density at radius 2 is 1.58 bits per heavy atom. The maximum Gasteiger partial charge on any atom is 0.161 e. The third-order valence-corrected chi connectivity index (χ3v) is 2.78. The summed E-state index contributed by atoms with van der Waals surface area (Å²) < 4.78 is 0. The van der Waals surface area contributed by atoms with E-state index in [1.54, 1.807) is 18.5 Å². The smallest absolute Gasteiger partial charge is 0.161 e. The van der Waals surface area contributed by atoms with Gasteiger partial charge >= 0.3 is 0 Å². The zero-order valence-corrected chi connectivity index (χ0v) is 10.6. The van der Waals surface area contributed by atoms with E-state index in [1.807, 2.05) is 30.3 Å². The average Bonchev–Trinajstić information content (AvgIpc) is 2.48. The van der Waals surface area contributed by atoms with Crippen LogP contribution < -0.4 is 0 Å². The number of nitrogens with zero attached hydrogens (tertiary/aromatic N) is 4. The van der Waals surface area contributed by atoms with Gasteiger partial charge in [0.1, 0.15) is 11.5 Å². The van der Waals surface area contributed by atoms with Crippen LogP contribution >= 0.6 is 11.6 Å². The zero-order valence-electron chi connectivity index (χ0n) is 9.86. The van der Waals surface area contributed by atoms with Gasteiger partial charge in [0.25, 0.3) is 0 Å². The maximum atomic E-state index is 6.06. The lowest BCUT2D eigenvalue weighted by Crippen LogP contribution is -1.93. The number of hydrogen-bond acceptors (Lipinski definition) is 4. The van der Waals surface area contributed by atoms with Crippen molar-refractivity contribution in [3.8, 4) is 22.6 Å². The summed E-state index contributed by atoms with van der Waals surface area (Å²) in [5.41, 5.74) is 2.44. The van der Waals surface area contributed by atoms with Gasteiger partial charge in [0.2, 0.25) is 0 Å². The van der Waals surface area contributed by atoms with Gasteiger partial charge in [-0.25, -0.2) is 19.9 Å². The normalized spacial score (nSPS) is 10.4. The molecule has 0 amide bonds. The van der Waals surface area contributed by atoms with Crippen LogP contribution in [0.25, 0.3) is 22.6 Å². The molecule has 2 heterocycles. The predicted molar refractivity (Wildman–Crippen MR) is 73.5 cm³/mol. The van der Waals surface area contributed by atoms with E-state index >= 15 is 0 Å². The van der Waals surface area contributed by atoms with Gasteiger partial charge in [-0.2, -0.15) is 0 Å². The molecule has 3 aromatic rings. The first-order valence-electron chi connectivity index (χ1n) is 5.68. The monoisotopic (exact) mass is 268 g/mol. The van der Waals surface area contributed by atoms with Crippen molar-refractivity contribution in [2.24, 2.45) is 0 Å². The SMILES string of the molecule is Clc1cc(-c2cncnc2)nc(-c2ccccc2)n1. The number of halogens is 1. The third kappa shape index (κ3) is 2.58. The third-order valence-electron chi connectivity index (χ3n) is 2.58. The quantitative estimate of drug-likeness (QED) is 0.670. The Labute approximate surface area is 115 Å². The van der Waals surface area contributed by atoms with E-state index in [4.69, 9.17) is 11.6 Å². The van der Waals surface area contributed by atoms with Crippen molar-refractivity contribution < 1.29 is 0 Å². The molecule has 92 valence electrons. The van der Waals surface area contributed by atoms with E-state index in [-0.39, 0.29) is 0 Å². The van der Waals surface area contributed by atoms with Crippen molar-refractivity contribution in [2.45, 2.75) is 0 Å². The first-order valence-corrected chi connectivity index (χ1v) is 6.06. The summed E-state index contributed by atoms with van der Waals surface area (Å²) >= 11 is 6.06. The Kier molecular flexibility index (Phi) is 3.16. The second-order valence-electron chi connectivity index (χ2n) is 3.89. The van der Waals surface area contributed by atoms with Crippen LogP contribution in [0.3, 0.4) is 0 Å². The summed E-state index contributed by atoms with van der Waals surface area (Å²) in [7, 11) is 0. The minimum atomic E-state index is 0.396. The molecule has 0 fully saturated rings. The minimum Gasteiger partial charge on any atom is -0.244 e. The molecule has 0 aliphatic rings. The highest BCUT2D eigenvalue weighted by Crippen LogP contribution is 2.23. The van der Waals surface area contributed by atoms with Gasteiger partial charge in [-0.15, -0.1) is 0 Å². The van der Waals surface area contributed by atoms with Crippen molar-refractivity contribution in [1.82, 2.24) is 19.9 Å². The molecule has 0 radical (unpaired) electrons. The minimum absolute atomic E-state index is 0.396. The van der Waals surface area contributed by atoms with Crippen LogP contribution in [0.15, 0.2) is 55.1 Å². The van der Waals surface area contributed by atoms with Crippen LogP contribution in [0.2, 0.25) is 5.15 Å². The van der Waals surface area contributed by atoms with Gasteiger partial charge in [0, 0.05) is 29.6 Å². The van der Waals surface area contributed by atoms with Gasteiger partial charge < -0.3 is 0 Å². The van der Waals surface area contributed by atoms with E-state index in [0.29, 0.717) is 16.7 Å². The van der Waals surface area contributed by atoms with Crippen molar-refractivity contribution >= 4 is 11.6 Å². The van der Waals surface area contributed by atoms with Crippen molar-refractivity contribution in [1.29, 1.82) is 0 Å². The lowest BCUT2D eigenvalue weighted by molar-refractivity contribution is 1.14. The van der Waals surface area contributed by atoms with Crippen LogP contribution in [0.5, 0.6) is 0 Å². The Bertz CT molecular complexity index is 629. The van der Waals surface area contributed by atoms with Gasteiger partial charge in [-0.05, 0) is 0 Å². The fourth-order valence-electron chi connectivity index (χ4n) is 1.71. The molecule has 5 heteroatoms. The summed E-state index contributed by atoms with van der Waals surface area (Å²) in [4.78, 5) is 16.7. The molecule has 2 aromatic heterocycles. The number of rotatable bonds is 2. The fraction of sp³-hybridized carbons (Fsp3) is 0. The lowest BCUT2D eigenvalue weighted by Gasteiger charge is -2.04. The van der Waals surface area contributed by atoms with Crippen LogP contribution in [0, 0.1) is 0 Å². The lowest BCUT2D eigenvalue weighted by atomic mass is 10.2. The molecule has 0 N–H and O–H groups in total. The second kappa shape index (κ2) is 5.12. The molecule has 19 heavy (non-hydrogen) atoms. The summed E-state index contributed by atoms with van der Waals surface area (Å²) in [6.45, 7) is 0. The van der Waals surface area contributed by atoms with Gasteiger partial charge in [0.05, 0.1) is 5.69 Å². The summed E-state index contributed by atoms with van der Waals surface area (Å²) in [6, 6.07) is 11.4. The largest absolute Gasteiger partial charge is 0.244 e. The molecule has 0 saturated carbocycles. The van der Waals surface area contributed by atoms with Crippen LogP contribution in [-0.2, 0) is 0 Å². The molecule has 0 saturated heterocycles. The molecule has 0 atom stereocenters. The van der Waals surface area contributed by atoms with Gasteiger partial charge in [-0.3, -0.25) is 0 Å². The van der Waals surface area contributed by atoms with E-state index in [1.165, 1.54) is 6.33 Å². The first kappa shape index (κ1) is 11.7. The Morgan fingerprint density at radius 1 is 0.842 bits per heavy atom. The van der Waals surface area contributed by atoms with E-state index in [0.717, 1.165) is 11.1 Å². The Balaban J connectivity index is 2.12. The molecule has 0 unspecified atom stereocenters. The van der Waals surface area contributed by atoms with E-state index < -0.39 is 0 Å². The topological polar surface area (TPSA) is 51.6 Å². The Hall–Kier alpha value is -2.33. The van der Waals surface area contributed by atoms with Crippen LogP contribution in [0.1, 0.15) is 0 Å².